The predicted molar refractivity (Wildman–Crippen MR) is 110 cm³/mol. The van der Waals surface area contributed by atoms with E-state index in [1.807, 2.05) is 45.1 Å². The Morgan fingerprint density at radius 1 is 1.23 bits per heavy atom. The zero-order chi connectivity index (χ0) is 19.9. The minimum Gasteiger partial charge on any atom is -0.322 e. The number of allylic oxidation sites excluding steroid dienone is 10. The van der Waals surface area contributed by atoms with Crippen LogP contribution in [0.1, 0.15) is 60.8 Å². The molecule has 0 heterocycles. The van der Waals surface area contributed by atoms with Crippen LogP contribution in [0.4, 0.5) is 0 Å². The van der Waals surface area contributed by atoms with E-state index < -0.39 is 6.04 Å². The van der Waals surface area contributed by atoms with E-state index in [1.165, 1.54) is 0 Å². The fraction of sp³-hybridized carbons (Fsp3) is 0.478. The maximum Gasteiger partial charge on any atom is 0.158 e. The molecule has 142 valence electrons. The molecule has 1 aliphatic rings. The molecule has 0 saturated heterocycles. The minimum absolute atomic E-state index is 0.0383. The molecule has 1 atom stereocenters. The molecule has 0 aromatic carbocycles. The third-order valence-electron chi connectivity index (χ3n) is 4.89. The molecule has 3 nitrogen and oxygen atoms in total. The molecule has 0 bridgehead atoms. The summed E-state index contributed by atoms with van der Waals surface area (Å²) in [7, 11) is 0. The molecule has 0 fully saturated rings. The van der Waals surface area contributed by atoms with Crippen LogP contribution in [0.2, 0.25) is 0 Å². The van der Waals surface area contributed by atoms with Gasteiger partial charge in [0, 0.05) is 12.8 Å². The van der Waals surface area contributed by atoms with Gasteiger partial charge in [-0.2, -0.15) is 0 Å². The number of hydrogen-bond donors (Lipinski definition) is 1. The van der Waals surface area contributed by atoms with E-state index in [0.717, 1.165) is 28.7 Å². The summed E-state index contributed by atoms with van der Waals surface area (Å²) < 4.78 is 0. The molecule has 1 aliphatic carbocycles. The average molecular weight is 356 g/mol. The highest BCUT2D eigenvalue weighted by Gasteiger charge is 2.30. The molecule has 2 N–H and O–H groups in total. The van der Waals surface area contributed by atoms with Gasteiger partial charge >= 0.3 is 0 Å². The molecule has 0 unspecified atom stereocenters. The highest BCUT2D eigenvalue weighted by Crippen LogP contribution is 2.39. The van der Waals surface area contributed by atoms with Crippen molar-refractivity contribution in [2.24, 2.45) is 11.1 Å². The van der Waals surface area contributed by atoms with Crippen LogP contribution in [-0.4, -0.2) is 17.6 Å². The Bertz CT molecular complexity index is 698. The highest BCUT2D eigenvalue weighted by atomic mass is 16.1. The Morgan fingerprint density at radius 3 is 2.50 bits per heavy atom. The van der Waals surface area contributed by atoms with Crippen LogP contribution >= 0.6 is 0 Å². The van der Waals surface area contributed by atoms with Crippen molar-refractivity contribution in [2.75, 3.05) is 0 Å². The number of hydrogen-bond acceptors (Lipinski definition) is 3. The lowest BCUT2D eigenvalue weighted by molar-refractivity contribution is -0.119. The van der Waals surface area contributed by atoms with Crippen LogP contribution in [0.15, 0.2) is 58.7 Å². The third kappa shape index (κ3) is 6.72. The first-order chi connectivity index (χ1) is 12.0. The Kier molecular flexibility index (Phi) is 8.16. The molecule has 1 rings (SSSR count). The summed E-state index contributed by atoms with van der Waals surface area (Å²) in [6, 6.07) is -0.413. The largest absolute Gasteiger partial charge is 0.322 e. The first-order valence-corrected chi connectivity index (χ1v) is 9.27. The third-order valence-corrected chi connectivity index (χ3v) is 4.89. The van der Waals surface area contributed by atoms with Crippen molar-refractivity contribution in [3.05, 3.63) is 58.7 Å². The van der Waals surface area contributed by atoms with Crippen LogP contribution in [0.5, 0.6) is 0 Å². The predicted octanol–water partition coefficient (Wildman–Crippen LogP) is 5.00. The van der Waals surface area contributed by atoms with Gasteiger partial charge in [-0.25, -0.2) is 0 Å². The van der Waals surface area contributed by atoms with Crippen LogP contribution in [-0.2, 0) is 9.59 Å². The van der Waals surface area contributed by atoms with Crippen LogP contribution in [0, 0.1) is 5.41 Å². The molecule has 0 spiro atoms. The SMILES string of the molecule is CC(C=CC1=C(C)C(=O)CCC1(C)C)=CC=CC(C)=CCC(=O)[C@H](C)N. The van der Waals surface area contributed by atoms with Crippen molar-refractivity contribution in [1.82, 2.24) is 0 Å². The van der Waals surface area contributed by atoms with Crippen molar-refractivity contribution >= 4 is 11.6 Å². The summed E-state index contributed by atoms with van der Waals surface area (Å²) >= 11 is 0. The van der Waals surface area contributed by atoms with E-state index in [0.29, 0.717) is 12.8 Å². The van der Waals surface area contributed by atoms with Crippen molar-refractivity contribution in [3.8, 4) is 0 Å². The average Bonchev–Trinajstić information content (AvgIpc) is 2.56. The first-order valence-electron chi connectivity index (χ1n) is 9.27. The lowest BCUT2D eigenvalue weighted by Gasteiger charge is -2.32. The second-order valence-corrected chi connectivity index (χ2v) is 7.86. The van der Waals surface area contributed by atoms with Gasteiger partial charge in [-0.15, -0.1) is 0 Å². The Hall–Kier alpha value is -2.00. The molecular formula is C23H33NO2. The molecule has 0 aromatic rings. The Balaban J connectivity index is 2.78. The van der Waals surface area contributed by atoms with Gasteiger partial charge < -0.3 is 5.73 Å². The maximum absolute atomic E-state index is 12.0. The Morgan fingerprint density at radius 2 is 1.88 bits per heavy atom. The summed E-state index contributed by atoms with van der Waals surface area (Å²) in [4.78, 5) is 23.5. The zero-order valence-corrected chi connectivity index (χ0v) is 17.1. The summed E-state index contributed by atoms with van der Waals surface area (Å²) in [5, 5.41) is 0. The van der Waals surface area contributed by atoms with E-state index in [-0.39, 0.29) is 17.0 Å². The van der Waals surface area contributed by atoms with E-state index in [2.05, 4.69) is 26.0 Å². The normalized spacial score (nSPS) is 20.3. The number of carbonyl (C=O) groups is 2. The van der Waals surface area contributed by atoms with Gasteiger partial charge in [0.2, 0.25) is 0 Å². The van der Waals surface area contributed by atoms with Gasteiger partial charge in [0.05, 0.1) is 6.04 Å². The molecule has 3 heteroatoms. The summed E-state index contributed by atoms with van der Waals surface area (Å²) in [6.45, 7) is 12.0. The second kappa shape index (κ2) is 9.63. The van der Waals surface area contributed by atoms with E-state index in [1.54, 1.807) is 6.92 Å². The molecule has 0 radical (unpaired) electrons. The summed E-state index contributed by atoms with van der Waals surface area (Å²) in [6.07, 6.45) is 13.9. The van der Waals surface area contributed by atoms with Crippen molar-refractivity contribution in [2.45, 2.75) is 66.8 Å². The van der Waals surface area contributed by atoms with Crippen LogP contribution in [0.25, 0.3) is 0 Å². The number of carbonyl (C=O) groups excluding carboxylic acids is 2. The molecule has 0 saturated carbocycles. The molecule has 0 amide bonds. The van der Waals surface area contributed by atoms with Gasteiger partial charge in [-0.3, -0.25) is 9.59 Å². The lowest BCUT2D eigenvalue weighted by atomic mass is 9.72. The van der Waals surface area contributed by atoms with Gasteiger partial charge in [0.25, 0.3) is 0 Å². The maximum atomic E-state index is 12.0. The standard InChI is InChI=1S/C23H33NO2/c1-16(8-7-9-17(2)11-13-22(26)19(4)24)10-12-20-18(3)21(25)14-15-23(20,5)6/h7-12,19H,13-15,24H2,1-6H3/t19-/m0/s1. The molecule has 0 aliphatic heterocycles. The zero-order valence-electron chi connectivity index (χ0n) is 17.1. The van der Waals surface area contributed by atoms with Crippen LogP contribution in [0.3, 0.4) is 0 Å². The van der Waals surface area contributed by atoms with Gasteiger partial charge in [0.1, 0.15) is 0 Å². The van der Waals surface area contributed by atoms with Crippen molar-refractivity contribution in [3.63, 3.8) is 0 Å². The molecular weight excluding hydrogens is 322 g/mol. The first kappa shape index (κ1) is 22.0. The van der Waals surface area contributed by atoms with Gasteiger partial charge in [-0.1, -0.05) is 61.4 Å². The summed E-state index contributed by atoms with van der Waals surface area (Å²) in [5.41, 5.74) is 9.75. The number of nitrogens with two attached hydrogens (primary N) is 1. The van der Waals surface area contributed by atoms with Gasteiger partial charge in [-0.05, 0) is 50.7 Å². The topological polar surface area (TPSA) is 60.2 Å². The quantitative estimate of drug-likeness (QED) is 0.654. The number of rotatable bonds is 7. The van der Waals surface area contributed by atoms with E-state index in [4.69, 9.17) is 5.73 Å². The summed E-state index contributed by atoms with van der Waals surface area (Å²) in [5.74, 6) is 0.299. The minimum atomic E-state index is -0.413. The van der Waals surface area contributed by atoms with E-state index >= 15 is 0 Å². The smallest absolute Gasteiger partial charge is 0.158 e. The second-order valence-electron chi connectivity index (χ2n) is 7.86. The van der Waals surface area contributed by atoms with Gasteiger partial charge in [0.15, 0.2) is 11.6 Å². The molecule has 0 aromatic heterocycles. The fourth-order valence-electron chi connectivity index (χ4n) is 2.89. The lowest BCUT2D eigenvalue weighted by Crippen LogP contribution is -2.25. The van der Waals surface area contributed by atoms with Crippen molar-refractivity contribution in [1.29, 1.82) is 0 Å². The fourth-order valence-corrected chi connectivity index (χ4v) is 2.89. The number of ketones is 2. The van der Waals surface area contributed by atoms with E-state index in [9.17, 15) is 9.59 Å². The number of Topliss-reactive ketones (excluding diaryl/α,β-unsaturated/α-hetero) is 2. The highest BCUT2D eigenvalue weighted by molar-refractivity contribution is 5.97. The van der Waals surface area contributed by atoms with Crippen LogP contribution < -0.4 is 5.73 Å². The monoisotopic (exact) mass is 355 g/mol. The molecule has 26 heavy (non-hydrogen) atoms. The Labute approximate surface area is 158 Å². The van der Waals surface area contributed by atoms with Crippen molar-refractivity contribution < 1.29 is 9.59 Å².